The third-order valence-electron chi connectivity index (χ3n) is 5.58. The molecule has 1 aliphatic rings. The molecule has 1 aliphatic carbocycles. The van der Waals surface area contributed by atoms with Crippen molar-refractivity contribution in [3.63, 3.8) is 0 Å². The number of benzene rings is 1. The van der Waals surface area contributed by atoms with Crippen molar-refractivity contribution in [2.45, 2.75) is 58.8 Å². The Morgan fingerprint density at radius 1 is 0.920 bits per heavy atom. The predicted molar refractivity (Wildman–Crippen MR) is 105 cm³/mol. The quantitative estimate of drug-likeness (QED) is 0.632. The van der Waals surface area contributed by atoms with E-state index in [0.29, 0.717) is 5.92 Å². The Labute approximate surface area is 150 Å². The number of fused-ring (bicyclic) bond motifs is 1. The summed E-state index contributed by atoms with van der Waals surface area (Å²) in [5, 5.41) is 3.77. The lowest BCUT2D eigenvalue weighted by molar-refractivity contribution is 0.439. The number of para-hydroxylation sites is 1. The Hall–Kier alpha value is -2.29. The largest absolute Gasteiger partial charge is 0.339 e. The van der Waals surface area contributed by atoms with E-state index in [9.17, 15) is 0 Å². The molecule has 3 nitrogen and oxygen atoms in total. The number of nitrogens with one attached hydrogen (secondary N) is 1. The van der Waals surface area contributed by atoms with Gasteiger partial charge >= 0.3 is 0 Å². The molecule has 0 spiro atoms. The van der Waals surface area contributed by atoms with Crippen LogP contribution < -0.4 is 5.32 Å². The van der Waals surface area contributed by atoms with Crippen molar-refractivity contribution in [1.29, 1.82) is 0 Å². The molecule has 4 rings (SSSR count). The summed E-state index contributed by atoms with van der Waals surface area (Å²) in [6.07, 6.45) is 6.51. The third-order valence-corrected chi connectivity index (χ3v) is 5.58. The number of pyridine rings is 1. The van der Waals surface area contributed by atoms with Crippen molar-refractivity contribution in [3.05, 3.63) is 58.9 Å². The summed E-state index contributed by atoms with van der Waals surface area (Å²) in [5.74, 6) is 1.73. The summed E-state index contributed by atoms with van der Waals surface area (Å²) >= 11 is 0. The number of hydrogen-bond acceptors (Lipinski definition) is 2. The van der Waals surface area contributed by atoms with Crippen molar-refractivity contribution in [3.8, 4) is 0 Å². The van der Waals surface area contributed by atoms with Crippen LogP contribution in [0.3, 0.4) is 0 Å². The van der Waals surface area contributed by atoms with E-state index in [1.165, 1.54) is 60.3 Å². The normalized spacial score (nSPS) is 15.6. The van der Waals surface area contributed by atoms with Crippen LogP contribution in [0.5, 0.6) is 0 Å². The van der Waals surface area contributed by atoms with Crippen LogP contribution in [0.25, 0.3) is 5.65 Å². The van der Waals surface area contributed by atoms with Gasteiger partial charge in [-0.3, -0.25) is 4.40 Å². The van der Waals surface area contributed by atoms with Gasteiger partial charge in [0.15, 0.2) is 0 Å². The number of hydrogen-bond donors (Lipinski definition) is 1. The van der Waals surface area contributed by atoms with Gasteiger partial charge in [0.1, 0.15) is 11.5 Å². The molecule has 0 radical (unpaired) electrons. The minimum Gasteiger partial charge on any atom is -0.339 e. The highest BCUT2D eigenvalue weighted by molar-refractivity contribution is 5.69. The Balaban J connectivity index is 1.88. The zero-order chi connectivity index (χ0) is 17.4. The van der Waals surface area contributed by atoms with Crippen molar-refractivity contribution >= 4 is 17.2 Å². The molecule has 130 valence electrons. The summed E-state index contributed by atoms with van der Waals surface area (Å²) in [6.45, 7) is 6.51. The van der Waals surface area contributed by atoms with Gasteiger partial charge in [-0.25, -0.2) is 4.98 Å². The van der Waals surface area contributed by atoms with Gasteiger partial charge in [-0.2, -0.15) is 0 Å². The standard InChI is InChI=1S/C22H27N3/c1-15-9-7-10-16(2)20(15)24-22-21(18-12-5-4-6-13-18)23-19-14-8-11-17(3)25(19)22/h7-11,14,18,24H,4-6,12-13H2,1-3H3. The Morgan fingerprint density at radius 2 is 1.60 bits per heavy atom. The van der Waals surface area contributed by atoms with E-state index in [4.69, 9.17) is 4.98 Å². The van der Waals surface area contributed by atoms with Crippen LogP contribution in [-0.2, 0) is 0 Å². The van der Waals surface area contributed by atoms with Gasteiger partial charge in [-0.05, 0) is 56.9 Å². The lowest BCUT2D eigenvalue weighted by Gasteiger charge is -2.22. The average molecular weight is 333 g/mol. The fourth-order valence-corrected chi connectivity index (χ4v) is 4.18. The zero-order valence-corrected chi connectivity index (χ0v) is 15.5. The van der Waals surface area contributed by atoms with Crippen molar-refractivity contribution in [1.82, 2.24) is 9.38 Å². The number of imidazole rings is 1. The van der Waals surface area contributed by atoms with E-state index >= 15 is 0 Å². The van der Waals surface area contributed by atoms with Gasteiger partial charge in [0.05, 0.1) is 5.69 Å². The molecule has 1 aromatic carbocycles. The number of aryl methyl sites for hydroxylation is 3. The number of aromatic nitrogens is 2. The topological polar surface area (TPSA) is 29.3 Å². The maximum atomic E-state index is 5.05. The van der Waals surface area contributed by atoms with Crippen LogP contribution >= 0.6 is 0 Å². The van der Waals surface area contributed by atoms with Gasteiger partial charge in [0, 0.05) is 17.3 Å². The first kappa shape index (κ1) is 16.2. The van der Waals surface area contributed by atoms with E-state index in [0.717, 1.165) is 11.5 Å². The second kappa shape index (κ2) is 6.55. The molecule has 1 N–H and O–H groups in total. The molecule has 2 aromatic heterocycles. The maximum Gasteiger partial charge on any atom is 0.138 e. The molecular formula is C22H27N3. The predicted octanol–water partition coefficient (Wildman–Crippen LogP) is 6.05. The molecule has 3 heteroatoms. The highest BCUT2D eigenvalue weighted by Crippen LogP contribution is 2.38. The summed E-state index contributed by atoms with van der Waals surface area (Å²) < 4.78 is 2.29. The number of anilines is 2. The SMILES string of the molecule is Cc1cccc(C)c1Nc1c(C2CCCCC2)nc2cccc(C)n12. The van der Waals surface area contributed by atoms with E-state index in [1.807, 2.05) is 0 Å². The van der Waals surface area contributed by atoms with Crippen LogP contribution in [0.15, 0.2) is 36.4 Å². The molecule has 2 heterocycles. The van der Waals surface area contributed by atoms with Gasteiger partial charge in [-0.15, -0.1) is 0 Å². The molecule has 0 unspecified atom stereocenters. The van der Waals surface area contributed by atoms with E-state index in [-0.39, 0.29) is 0 Å². The molecule has 1 fully saturated rings. The highest BCUT2D eigenvalue weighted by atomic mass is 15.1. The summed E-state index contributed by atoms with van der Waals surface area (Å²) in [5.41, 5.74) is 7.28. The van der Waals surface area contributed by atoms with Crippen molar-refractivity contribution < 1.29 is 0 Å². The summed E-state index contributed by atoms with van der Waals surface area (Å²) in [7, 11) is 0. The molecule has 25 heavy (non-hydrogen) atoms. The van der Waals surface area contributed by atoms with Crippen molar-refractivity contribution in [2.24, 2.45) is 0 Å². The first-order chi connectivity index (χ1) is 12.1. The van der Waals surface area contributed by atoms with Crippen LogP contribution in [0.2, 0.25) is 0 Å². The maximum absolute atomic E-state index is 5.05. The molecule has 0 amide bonds. The number of nitrogens with zero attached hydrogens (tertiary/aromatic N) is 2. The summed E-state index contributed by atoms with van der Waals surface area (Å²) in [6, 6.07) is 12.9. The molecule has 1 saturated carbocycles. The van der Waals surface area contributed by atoms with Gasteiger partial charge in [0.25, 0.3) is 0 Å². The molecule has 0 atom stereocenters. The Bertz CT molecular complexity index is 881. The third kappa shape index (κ3) is 2.92. The number of rotatable bonds is 3. The van der Waals surface area contributed by atoms with E-state index < -0.39 is 0 Å². The van der Waals surface area contributed by atoms with Crippen LogP contribution in [0.4, 0.5) is 11.5 Å². The Kier molecular flexibility index (Phi) is 4.24. The van der Waals surface area contributed by atoms with E-state index in [2.05, 4.69) is 66.9 Å². The van der Waals surface area contributed by atoms with Crippen LogP contribution in [0, 0.1) is 20.8 Å². The van der Waals surface area contributed by atoms with Gasteiger partial charge in [-0.1, -0.05) is 43.5 Å². The van der Waals surface area contributed by atoms with Gasteiger partial charge < -0.3 is 5.32 Å². The Morgan fingerprint density at radius 3 is 2.32 bits per heavy atom. The second-order valence-electron chi connectivity index (χ2n) is 7.43. The van der Waals surface area contributed by atoms with Gasteiger partial charge in [0.2, 0.25) is 0 Å². The lowest BCUT2D eigenvalue weighted by atomic mass is 9.87. The summed E-state index contributed by atoms with van der Waals surface area (Å²) in [4.78, 5) is 5.05. The first-order valence-corrected chi connectivity index (χ1v) is 9.46. The minimum atomic E-state index is 0.569. The average Bonchev–Trinajstić information content (AvgIpc) is 2.99. The van der Waals surface area contributed by atoms with Crippen LogP contribution in [0.1, 0.15) is 60.5 Å². The van der Waals surface area contributed by atoms with Crippen LogP contribution in [-0.4, -0.2) is 9.38 Å². The van der Waals surface area contributed by atoms with E-state index in [1.54, 1.807) is 0 Å². The highest BCUT2D eigenvalue weighted by Gasteiger charge is 2.24. The monoisotopic (exact) mass is 333 g/mol. The molecule has 0 bridgehead atoms. The molecule has 3 aromatic rings. The second-order valence-corrected chi connectivity index (χ2v) is 7.43. The fraction of sp³-hybridized carbons (Fsp3) is 0.409. The molecular weight excluding hydrogens is 306 g/mol. The lowest BCUT2D eigenvalue weighted by Crippen LogP contribution is -2.09. The minimum absolute atomic E-state index is 0.569. The smallest absolute Gasteiger partial charge is 0.138 e. The zero-order valence-electron chi connectivity index (χ0n) is 15.5. The van der Waals surface area contributed by atoms with Crippen molar-refractivity contribution in [2.75, 3.05) is 5.32 Å². The molecule has 0 aliphatic heterocycles. The molecule has 0 saturated heterocycles. The first-order valence-electron chi connectivity index (χ1n) is 9.46. The fourth-order valence-electron chi connectivity index (χ4n) is 4.18.